The fourth-order valence-electron chi connectivity index (χ4n) is 2.17. The molecular weight excluding hydrogens is 214 g/mol. The Morgan fingerprint density at radius 2 is 2.00 bits per heavy atom. The van der Waals surface area contributed by atoms with E-state index in [4.69, 9.17) is 4.74 Å². The summed E-state index contributed by atoms with van der Waals surface area (Å²) in [4.78, 5) is 0. The highest BCUT2D eigenvalue weighted by Gasteiger charge is 2.35. The molecule has 1 N–H and O–H groups in total. The highest BCUT2D eigenvalue weighted by atomic mass is 32.2. The number of hydrogen-bond acceptors (Lipinski definition) is 3. The van der Waals surface area contributed by atoms with Gasteiger partial charge in [0.2, 0.25) is 10.0 Å². The summed E-state index contributed by atoms with van der Waals surface area (Å²) in [6.07, 6.45) is 4.64. The monoisotopic (exact) mass is 235 g/mol. The number of hydrogen-bond donors (Lipinski definition) is 1. The van der Waals surface area contributed by atoms with Crippen molar-refractivity contribution in [1.29, 1.82) is 0 Å². The Hall–Kier alpha value is -0.130. The third-order valence-electron chi connectivity index (χ3n) is 3.16. The van der Waals surface area contributed by atoms with E-state index in [1.165, 1.54) is 6.26 Å². The average Bonchev–Trinajstić information content (AvgIpc) is 2.15. The van der Waals surface area contributed by atoms with Crippen LogP contribution < -0.4 is 4.72 Å². The highest BCUT2D eigenvalue weighted by molar-refractivity contribution is 7.88. The summed E-state index contributed by atoms with van der Waals surface area (Å²) in [6.45, 7) is 4.83. The summed E-state index contributed by atoms with van der Waals surface area (Å²) in [5, 5.41) is 0. The van der Waals surface area contributed by atoms with E-state index in [2.05, 4.69) is 18.6 Å². The molecule has 0 radical (unpaired) electrons. The molecule has 0 aliphatic carbocycles. The Labute approximate surface area is 92.4 Å². The number of nitrogens with one attached hydrogen (secondary N) is 1. The van der Waals surface area contributed by atoms with Gasteiger partial charge in [-0.05, 0) is 25.7 Å². The smallest absolute Gasteiger partial charge is 0.208 e. The summed E-state index contributed by atoms with van der Waals surface area (Å²) < 4.78 is 30.7. The van der Waals surface area contributed by atoms with Crippen LogP contribution in [-0.2, 0) is 14.8 Å². The standard InChI is InChI=1S/C10H21NO3S/c1-4-10(5-2)8-9(6-7-14-10)11-15(3,12)13/h9,11H,4-8H2,1-3H3. The van der Waals surface area contributed by atoms with Crippen molar-refractivity contribution in [2.45, 2.75) is 51.2 Å². The van der Waals surface area contributed by atoms with Gasteiger partial charge in [-0.25, -0.2) is 13.1 Å². The molecular formula is C10H21NO3S. The predicted molar refractivity (Wildman–Crippen MR) is 60.3 cm³/mol. The molecule has 90 valence electrons. The second-order valence-corrected chi connectivity index (χ2v) is 6.10. The largest absolute Gasteiger partial charge is 0.375 e. The quantitative estimate of drug-likeness (QED) is 0.798. The van der Waals surface area contributed by atoms with Crippen LogP contribution in [0.25, 0.3) is 0 Å². The van der Waals surface area contributed by atoms with E-state index >= 15 is 0 Å². The molecule has 0 aromatic heterocycles. The third-order valence-corrected chi connectivity index (χ3v) is 3.92. The fourth-order valence-corrected chi connectivity index (χ4v) is 2.98. The van der Waals surface area contributed by atoms with E-state index in [1.807, 2.05) is 0 Å². The second kappa shape index (κ2) is 4.80. The van der Waals surface area contributed by atoms with Crippen LogP contribution in [0.15, 0.2) is 0 Å². The molecule has 4 nitrogen and oxygen atoms in total. The lowest BCUT2D eigenvalue weighted by molar-refractivity contribution is -0.0905. The van der Waals surface area contributed by atoms with Crippen molar-refractivity contribution in [3.8, 4) is 0 Å². The average molecular weight is 235 g/mol. The van der Waals surface area contributed by atoms with E-state index in [0.29, 0.717) is 6.61 Å². The minimum Gasteiger partial charge on any atom is -0.375 e. The Morgan fingerprint density at radius 1 is 1.40 bits per heavy atom. The van der Waals surface area contributed by atoms with Crippen LogP contribution >= 0.6 is 0 Å². The summed E-state index contributed by atoms with van der Waals surface area (Å²) in [6, 6.07) is 0.0358. The minimum absolute atomic E-state index is 0.0358. The van der Waals surface area contributed by atoms with E-state index in [9.17, 15) is 8.42 Å². The number of rotatable bonds is 4. The van der Waals surface area contributed by atoms with Gasteiger partial charge in [-0.15, -0.1) is 0 Å². The zero-order valence-electron chi connectivity index (χ0n) is 9.75. The van der Waals surface area contributed by atoms with Crippen molar-refractivity contribution in [2.75, 3.05) is 12.9 Å². The first kappa shape index (κ1) is 12.9. The molecule has 1 atom stereocenters. The van der Waals surface area contributed by atoms with Gasteiger partial charge in [0, 0.05) is 12.6 Å². The van der Waals surface area contributed by atoms with Crippen molar-refractivity contribution in [1.82, 2.24) is 4.72 Å². The highest BCUT2D eigenvalue weighted by Crippen LogP contribution is 2.31. The van der Waals surface area contributed by atoms with Gasteiger partial charge in [0.05, 0.1) is 11.9 Å². The van der Waals surface area contributed by atoms with Gasteiger partial charge < -0.3 is 4.74 Å². The van der Waals surface area contributed by atoms with Crippen LogP contribution in [0.5, 0.6) is 0 Å². The van der Waals surface area contributed by atoms with Gasteiger partial charge in [-0.2, -0.15) is 0 Å². The molecule has 1 fully saturated rings. The SMILES string of the molecule is CCC1(CC)CC(NS(C)(=O)=O)CCO1. The molecule has 0 aromatic carbocycles. The van der Waals surface area contributed by atoms with Crippen LogP contribution in [0, 0.1) is 0 Å². The molecule has 5 heteroatoms. The molecule has 0 amide bonds. The Bertz CT molecular complexity index is 296. The molecule has 1 aliphatic rings. The van der Waals surface area contributed by atoms with E-state index < -0.39 is 10.0 Å². The van der Waals surface area contributed by atoms with E-state index in [1.54, 1.807) is 0 Å². The Morgan fingerprint density at radius 3 is 2.47 bits per heavy atom. The maximum atomic E-state index is 11.1. The topological polar surface area (TPSA) is 55.4 Å². The lowest BCUT2D eigenvalue weighted by Gasteiger charge is -2.39. The van der Waals surface area contributed by atoms with E-state index in [-0.39, 0.29) is 11.6 Å². The summed E-state index contributed by atoms with van der Waals surface area (Å²) in [5.41, 5.74) is -0.124. The van der Waals surface area contributed by atoms with Gasteiger partial charge in [-0.3, -0.25) is 0 Å². The molecule has 0 spiro atoms. The van der Waals surface area contributed by atoms with Crippen molar-refractivity contribution in [3.05, 3.63) is 0 Å². The van der Waals surface area contributed by atoms with Gasteiger partial charge in [-0.1, -0.05) is 13.8 Å². The molecule has 1 rings (SSSR count). The summed E-state index contributed by atoms with van der Waals surface area (Å²) >= 11 is 0. The van der Waals surface area contributed by atoms with Gasteiger partial charge >= 0.3 is 0 Å². The van der Waals surface area contributed by atoms with Crippen LogP contribution in [0.1, 0.15) is 39.5 Å². The molecule has 15 heavy (non-hydrogen) atoms. The Kier molecular flexibility index (Phi) is 4.14. The molecule has 0 saturated carbocycles. The third kappa shape index (κ3) is 3.74. The van der Waals surface area contributed by atoms with Crippen molar-refractivity contribution in [3.63, 3.8) is 0 Å². The van der Waals surface area contributed by atoms with Gasteiger partial charge in [0.15, 0.2) is 0 Å². The zero-order valence-corrected chi connectivity index (χ0v) is 10.6. The molecule has 1 unspecified atom stereocenters. The summed E-state index contributed by atoms with van der Waals surface area (Å²) in [5.74, 6) is 0. The van der Waals surface area contributed by atoms with Crippen LogP contribution in [0.2, 0.25) is 0 Å². The van der Waals surface area contributed by atoms with Gasteiger partial charge in [0.25, 0.3) is 0 Å². The second-order valence-electron chi connectivity index (χ2n) is 4.32. The Balaban J connectivity index is 2.63. The van der Waals surface area contributed by atoms with E-state index in [0.717, 1.165) is 25.7 Å². The van der Waals surface area contributed by atoms with Crippen LogP contribution in [0.3, 0.4) is 0 Å². The first-order valence-electron chi connectivity index (χ1n) is 5.52. The maximum Gasteiger partial charge on any atom is 0.208 e. The normalized spacial score (nSPS) is 26.5. The van der Waals surface area contributed by atoms with Crippen molar-refractivity contribution >= 4 is 10.0 Å². The zero-order chi connectivity index (χ0) is 11.5. The van der Waals surface area contributed by atoms with Crippen LogP contribution in [-0.4, -0.2) is 32.9 Å². The molecule has 1 aliphatic heterocycles. The van der Waals surface area contributed by atoms with Crippen LogP contribution in [0.4, 0.5) is 0 Å². The molecule has 1 saturated heterocycles. The van der Waals surface area contributed by atoms with Crippen molar-refractivity contribution in [2.24, 2.45) is 0 Å². The lowest BCUT2D eigenvalue weighted by Crippen LogP contribution is -2.47. The lowest BCUT2D eigenvalue weighted by atomic mass is 9.86. The molecule has 0 aromatic rings. The fraction of sp³-hybridized carbons (Fsp3) is 1.00. The molecule has 1 heterocycles. The maximum absolute atomic E-state index is 11.1. The minimum atomic E-state index is -3.10. The summed E-state index contributed by atoms with van der Waals surface area (Å²) in [7, 11) is -3.10. The van der Waals surface area contributed by atoms with Crippen molar-refractivity contribution < 1.29 is 13.2 Å². The van der Waals surface area contributed by atoms with Gasteiger partial charge in [0.1, 0.15) is 0 Å². The molecule has 0 bridgehead atoms. The first-order valence-corrected chi connectivity index (χ1v) is 7.41. The predicted octanol–water partition coefficient (Wildman–Crippen LogP) is 1.27. The number of ether oxygens (including phenoxy) is 1. The number of sulfonamides is 1. The first-order chi connectivity index (χ1) is 6.91.